The van der Waals surface area contributed by atoms with Gasteiger partial charge in [0.25, 0.3) is 0 Å². The fourth-order valence-electron chi connectivity index (χ4n) is 1.96. The molecule has 0 aromatic heterocycles. The van der Waals surface area contributed by atoms with Gasteiger partial charge in [-0.2, -0.15) is 0 Å². The van der Waals surface area contributed by atoms with Gasteiger partial charge in [0.1, 0.15) is 5.75 Å². The van der Waals surface area contributed by atoms with E-state index in [1.165, 1.54) is 11.1 Å². The Morgan fingerprint density at radius 1 is 1.40 bits per heavy atom. The van der Waals surface area contributed by atoms with Crippen LogP contribution in [0.1, 0.15) is 18.1 Å². The van der Waals surface area contributed by atoms with E-state index in [9.17, 15) is 0 Å². The molecule has 0 saturated heterocycles. The summed E-state index contributed by atoms with van der Waals surface area (Å²) < 4.78 is 5.33. The summed E-state index contributed by atoms with van der Waals surface area (Å²) in [4.78, 5) is 4.44. The van der Waals surface area contributed by atoms with Crippen LogP contribution in [0.4, 0.5) is 5.69 Å². The minimum atomic E-state index is 0.882. The Kier molecular flexibility index (Phi) is 2.62. The SMILES string of the molecule is CNc1cc2c(cc1OC)C(C)=NCC2. The molecule has 0 unspecified atom stereocenters. The van der Waals surface area contributed by atoms with Crippen LogP contribution in [-0.2, 0) is 6.42 Å². The van der Waals surface area contributed by atoms with Crippen molar-refractivity contribution in [2.45, 2.75) is 13.3 Å². The number of anilines is 1. The van der Waals surface area contributed by atoms with Crippen LogP contribution in [0.3, 0.4) is 0 Å². The highest BCUT2D eigenvalue weighted by molar-refractivity contribution is 6.01. The molecule has 80 valence electrons. The average Bonchev–Trinajstić information content (AvgIpc) is 2.28. The second-order valence-corrected chi connectivity index (χ2v) is 3.68. The third-order valence-electron chi connectivity index (χ3n) is 2.81. The van der Waals surface area contributed by atoms with Crippen molar-refractivity contribution < 1.29 is 4.74 Å². The Hall–Kier alpha value is -1.51. The maximum atomic E-state index is 5.33. The first-order chi connectivity index (χ1) is 7.26. The summed E-state index contributed by atoms with van der Waals surface area (Å²) in [5.41, 5.74) is 4.73. The highest BCUT2D eigenvalue weighted by Crippen LogP contribution is 2.30. The van der Waals surface area contributed by atoms with Crippen LogP contribution in [0.5, 0.6) is 5.75 Å². The Morgan fingerprint density at radius 3 is 2.87 bits per heavy atom. The summed E-state index contributed by atoms with van der Waals surface area (Å²) in [5.74, 6) is 0.882. The van der Waals surface area contributed by atoms with Gasteiger partial charge < -0.3 is 10.1 Å². The number of aliphatic imine (C=N–C) groups is 1. The average molecular weight is 204 g/mol. The van der Waals surface area contributed by atoms with Gasteiger partial charge in [-0.15, -0.1) is 0 Å². The molecular formula is C12H16N2O. The fraction of sp³-hybridized carbons (Fsp3) is 0.417. The number of benzene rings is 1. The molecule has 15 heavy (non-hydrogen) atoms. The molecule has 2 rings (SSSR count). The Balaban J connectivity index is 2.55. The van der Waals surface area contributed by atoms with E-state index < -0.39 is 0 Å². The number of nitrogens with zero attached hydrogens (tertiary/aromatic N) is 1. The number of rotatable bonds is 2. The van der Waals surface area contributed by atoms with Gasteiger partial charge in [-0.05, 0) is 31.0 Å². The maximum Gasteiger partial charge on any atom is 0.142 e. The molecule has 0 atom stereocenters. The van der Waals surface area contributed by atoms with Gasteiger partial charge in [0.15, 0.2) is 0 Å². The lowest BCUT2D eigenvalue weighted by atomic mass is 9.97. The monoisotopic (exact) mass is 204 g/mol. The lowest BCUT2D eigenvalue weighted by Crippen LogP contribution is -2.11. The smallest absolute Gasteiger partial charge is 0.142 e. The van der Waals surface area contributed by atoms with Gasteiger partial charge in [0.05, 0.1) is 12.8 Å². The van der Waals surface area contributed by atoms with Crippen molar-refractivity contribution >= 4 is 11.4 Å². The van der Waals surface area contributed by atoms with Gasteiger partial charge in [-0.25, -0.2) is 0 Å². The van der Waals surface area contributed by atoms with Crippen LogP contribution in [-0.4, -0.2) is 26.4 Å². The topological polar surface area (TPSA) is 33.6 Å². The Morgan fingerprint density at radius 2 is 2.20 bits per heavy atom. The number of hydrogen-bond donors (Lipinski definition) is 1. The van der Waals surface area contributed by atoms with Crippen LogP contribution in [0, 0.1) is 0 Å². The molecule has 0 bridgehead atoms. The van der Waals surface area contributed by atoms with Gasteiger partial charge >= 0.3 is 0 Å². The summed E-state index contributed by atoms with van der Waals surface area (Å²) in [5, 5.41) is 3.15. The minimum absolute atomic E-state index is 0.882. The molecule has 1 aromatic rings. The number of ether oxygens (including phenoxy) is 1. The number of fused-ring (bicyclic) bond motifs is 1. The molecule has 1 aromatic carbocycles. The standard InChI is InChI=1S/C12H16N2O/c1-8-10-7-12(15-3)11(13-2)6-9(10)4-5-14-8/h6-7,13H,4-5H2,1-3H3. The largest absolute Gasteiger partial charge is 0.495 e. The fourth-order valence-corrected chi connectivity index (χ4v) is 1.96. The Bertz CT molecular complexity index is 410. The van der Waals surface area contributed by atoms with Gasteiger partial charge in [0.2, 0.25) is 0 Å². The van der Waals surface area contributed by atoms with E-state index in [2.05, 4.69) is 29.4 Å². The zero-order chi connectivity index (χ0) is 10.8. The third-order valence-corrected chi connectivity index (χ3v) is 2.81. The van der Waals surface area contributed by atoms with Crippen LogP contribution >= 0.6 is 0 Å². The molecule has 0 spiro atoms. The molecule has 1 heterocycles. The number of methoxy groups -OCH3 is 1. The van der Waals surface area contributed by atoms with Crippen LogP contribution in [0.2, 0.25) is 0 Å². The Labute approximate surface area is 90.2 Å². The van der Waals surface area contributed by atoms with E-state index in [1.807, 2.05) is 7.05 Å². The zero-order valence-electron chi connectivity index (χ0n) is 9.42. The van der Waals surface area contributed by atoms with E-state index in [4.69, 9.17) is 4.74 Å². The first-order valence-electron chi connectivity index (χ1n) is 5.16. The molecule has 1 N–H and O–H groups in total. The normalized spacial score (nSPS) is 14.2. The summed E-state index contributed by atoms with van der Waals surface area (Å²) in [6.45, 7) is 2.95. The first kappa shape index (κ1) is 10.0. The van der Waals surface area contributed by atoms with Crippen molar-refractivity contribution in [3.8, 4) is 5.75 Å². The lowest BCUT2D eigenvalue weighted by molar-refractivity contribution is 0.416. The van der Waals surface area contributed by atoms with Gasteiger partial charge in [-0.3, -0.25) is 4.99 Å². The van der Waals surface area contributed by atoms with Crippen molar-refractivity contribution in [1.82, 2.24) is 0 Å². The highest BCUT2D eigenvalue weighted by Gasteiger charge is 2.14. The molecule has 0 radical (unpaired) electrons. The van der Waals surface area contributed by atoms with Gasteiger partial charge in [0, 0.05) is 24.9 Å². The second-order valence-electron chi connectivity index (χ2n) is 3.68. The van der Waals surface area contributed by atoms with Crippen molar-refractivity contribution in [2.24, 2.45) is 4.99 Å². The van der Waals surface area contributed by atoms with Crippen molar-refractivity contribution in [3.63, 3.8) is 0 Å². The molecule has 0 saturated carbocycles. The summed E-state index contributed by atoms with van der Waals surface area (Å²) in [7, 11) is 3.60. The molecular weight excluding hydrogens is 188 g/mol. The number of hydrogen-bond acceptors (Lipinski definition) is 3. The van der Waals surface area contributed by atoms with E-state index in [-0.39, 0.29) is 0 Å². The molecule has 0 fully saturated rings. The lowest BCUT2D eigenvalue weighted by Gasteiger charge is -2.18. The molecule has 3 heteroatoms. The van der Waals surface area contributed by atoms with Crippen molar-refractivity contribution in [3.05, 3.63) is 23.3 Å². The van der Waals surface area contributed by atoms with Crippen molar-refractivity contribution in [1.29, 1.82) is 0 Å². The summed E-state index contributed by atoms with van der Waals surface area (Å²) in [6, 6.07) is 4.23. The molecule has 1 aliphatic heterocycles. The zero-order valence-corrected chi connectivity index (χ0v) is 9.42. The predicted octanol–water partition coefficient (Wildman–Crippen LogP) is 2.10. The molecule has 3 nitrogen and oxygen atoms in total. The third kappa shape index (κ3) is 1.69. The second kappa shape index (κ2) is 3.93. The van der Waals surface area contributed by atoms with Gasteiger partial charge in [-0.1, -0.05) is 0 Å². The van der Waals surface area contributed by atoms with E-state index in [0.717, 1.165) is 30.1 Å². The van der Waals surface area contributed by atoms with E-state index in [1.54, 1.807) is 7.11 Å². The van der Waals surface area contributed by atoms with Crippen LogP contribution in [0.15, 0.2) is 17.1 Å². The quantitative estimate of drug-likeness (QED) is 0.800. The maximum absolute atomic E-state index is 5.33. The summed E-state index contributed by atoms with van der Waals surface area (Å²) >= 11 is 0. The molecule has 1 aliphatic rings. The van der Waals surface area contributed by atoms with Crippen molar-refractivity contribution in [2.75, 3.05) is 26.0 Å². The first-order valence-corrected chi connectivity index (χ1v) is 5.16. The summed E-state index contributed by atoms with van der Waals surface area (Å²) in [6.07, 6.45) is 1.02. The van der Waals surface area contributed by atoms with Crippen LogP contribution in [0.25, 0.3) is 0 Å². The molecule has 0 aliphatic carbocycles. The number of nitrogens with one attached hydrogen (secondary N) is 1. The molecule has 0 amide bonds. The van der Waals surface area contributed by atoms with Crippen LogP contribution < -0.4 is 10.1 Å². The van der Waals surface area contributed by atoms with E-state index >= 15 is 0 Å². The minimum Gasteiger partial charge on any atom is -0.495 e. The predicted molar refractivity (Wildman–Crippen MR) is 63.3 cm³/mol. The highest BCUT2D eigenvalue weighted by atomic mass is 16.5. The van der Waals surface area contributed by atoms with E-state index in [0.29, 0.717) is 0 Å².